The van der Waals surface area contributed by atoms with E-state index >= 15 is 0 Å². The van der Waals surface area contributed by atoms with Crippen LogP contribution >= 0.6 is 11.3 Å². The smallest absolute Gasteiger partial charge is 0.422 e. The number of ether oxygens (including phenoxy) is 1. The molecule has 0 aliphatic carbocycles. The minimum absolute atomic E-state index is 0. The van der Waals surface area contributed by atoms with E-state index < -0.39 is 29.9 Å². The topological polar surface area (TPSA) is 102 Å². The molecule has 5 N–H and O–H groups in total. The lowest BCUT2D eigenvalue weighted by Crippen LogP contribution is -2.49. The number of hydrazine groups is 1. The summed E-state index contributed by atoms with van der Waals surface area (Å²) in [7, 11) is 1.30. The fraction of sp³-hybridized carbons (Fsp3) is 0.320. The number of esters is 1. The van der Waals surface area contributed by atoms with Crippen molar-refractivity contribution in [2.24, 2.45) is 11.6 Å². The van der Waals surface area contributed by atoms with Gasteiger partial charge in [-0.1, -0.05) is 57.4 Å². The van der Waals surface area contributed by atoms with Gasteiger partial charge in [0.1, 0.15) is 4.88 Å². The number of benzene rings is 1. The number of carbonyl (C=O) groups excluding carboxylic acids is 1. The quantitative estimate of drug-likeness (QED) is 0.174. The van der Waals surface area contributed by atoms with Crippen LogP contribution < -0.4 is 11.6 Å². The number of alkyl halides is 3. The van der Waals surface area contributed by atoms with E-state index in [4.69, 9.17) is 16.3 Å². The van der Waals surface area contributed by atoms with Gasteiger partial charge in [-0.05, 0) is 30.5 Å². The van der Waals surface area contributed by atoms with Crippen LogP contribution in [0, 0.1) is 0 Å². The number of hydrogen-bond donors (Lipinski definition) is 3. The molecule has 1 heterocycles. The largest absolute Gasteiger partial charge is 0.465 e. The van der Waals surface area contributed by atoms with Gasteiger partial charge in [-0.25, -0.2) is 10.6 Å². The summed E-state index contributed by atoms with van der Waals surface area (Å²) in [5, 5.41) is 11.8. The molecular weight excluding hydrogens is 479 g/mol. The Balaban J connectivity index is 0.00000612. The minimum atomic E-state index is -4.94. The summed E-state index contributed by atoms with van der Waals surface area (Å²) < 4.78 is 45.4. The summed E-state index contributed by atoms with van der Waals surface area (Å²) >= 11 is 1.24. The molecule has 0 aliphatic heterocycles. The Morgan fingerprint density at radius 2 is 2.00 bits per heavy atom. The zero-order valence-corrected chi connectivity index (χ0v) is 20.0. The van der Waals surface area contributed by atoms with Gasteiger partial charge < -0.3 is 20.6 Å². The van der Waals surface area contributed by atoms with Crippen LogP contribution in [-0.2, 0) is 11.3 Å². The summed E-state index contributed by atoms with van der Waals surface area (Å²) in [5.41, 5.74) is 3.77. The van der Waals surface area contributed by atoms with E-state index in [0.717, 1.165) is 26.9 Å². The van der Waals surface area contributed by atoms with Crippen LogP contribution in [0.4, 0.5) is 13.2 Å². The number of methoxy groups -OCH3 is 1. The van der Waals surface area contributed by atoms with Crippen molar-refractivity contribution in [3.63, 3.8) is 0 Å². The molecule has 35 heavy (non-hydrogen) atoms. The van der Waals surface area contributed by atoms with Gasteiger partial charge in [0.2, 0.25) is 5.60 Å². The molecule has 0 bridgehead atoms. The Morgan fingerprint density at radius 1 is 1.34 bits per heavy atom. The lowest BCUT2D eigenvalue weighted by molar-refractivity contribution is -0.245. The van der Waals surface area contributed by atoms with Crippen LogP contribution in [0.2, 0.25) is 0 Å². The predicted molar refractivity (Wildman–Crippen MR) is 136 cm³/mol. The number of halogens is 3. The minimum Gasteiger partial charge on any atom is -0.465 e. The Morgan fingerprint density at radius 3 is 2.51 bits per heavy atom. The van der Waals surface area contributed by atoms with Crippen molar-refractivity contribution in [1.82, 2.24) is 5.01 Å². The summed E-state index contributed by atoms with van der Waals surface area (Å²) in [4.78, 5) is 12.9. The fourth-order valence-electron chi connectivity index (χ4n) is 3.37. The van der Waals surface area contributed by atoms with Crippen molar-refractivity contribution in [1.29, 1.82) is 0 Å². The van der Waals surface area contributed by atoms with Gasteiger partial charge in [0.05, 0.1) is 19.4 Å². The first kappa shape index (κ1) is 30.0. The molecule has 192 valence electrons. The van der Waals surface area contributed by atoms with Gasteiger partial charge >= 0.3 is 12.1 Å². The van der Waals surface area contributed by atoms with Crippen molar-refractivity contribution in [3.05, 3.63) is 77.0 Å². The summed E-state index contributed by atoms with van der Waals surface area (Å²) in [6.07, 6.45) is 2.37. The van der Waals surface area contributed by atoms with Crippen LogP contribution in [0.1, 0.15) is 48.5 Å². The highest BCUT2D eigenvalue weighted by atomic mass is 32.1. The number of nitrogens with zero attached hydrogens (tertiary/aromatic N) is 1. The third-order valence-electron chi connectivity index (χ3n) is 5.27. The predicted octanol–water partition coefficient (Wildman–Crippen LogP) is 5.65. The van der Waals surface area contributed by atoms with E-state index in [0.29, 0.717) is 16.0 Å². The van der Waals surface area contributed by atoms with E-state index in [-0.39, 0.29) is 14.0 Å². The standard InChI is InChI=1S/C24H28F3N3O3S.CH4/c1-5-8-9-16(6-2)20-17-11-10-15(12-18(17)34-21(20)22(31)33-4)13-30(29)14-19(28)23(32,7-3)24(25,26)27;/h5-6,8-12,14,32H,1,7,13,28-29H2,2-4H3;1H4/b9-8-,16-6+,19-14-;. The SMILES string of the molecule is C.C=C/C=C\C(=C/C)c1c(C(=O)OC)sc2cc(CN(N)/C=C(\N)C(O)(CC)C(F)(F)F)ccc12. The van der Waals surface area contributed by atoms with E-state index in [1.807, 2.05) is 25.1 Å². The third kappa shape index (κ3) is 6.33. The Labute approximate surface area is 207 Å². The molecule has 0 saturated heterocycles. The van der Waals surface area contributed by atoms with Crippen molar-refractivity contribution in [3.8, 4) is 0 Å². The molecule has 1 atom stereocenters. The molecule has 0 radical (unpaired) electrons. The zero-order valence-electron chi connectivity index (χ0n) is 19.1. The van der Waals surface area contributed by atoms with E-state index in [2.05, 4.69) is 6.58 Å². The maximum Gasteiger partial charge on any atom is 0.422 e. The molecule has 0 saturated carbocycles. The molecule has 0 fully saturated rings. The number of carbonyl (C=O) groups is 1. The van der Waals surface area contributed by atoms with E-state index in [1.54, 1.807) is 24.3 Å². The Kier molecular flexibility index (Phi) is 10.3. The average molecular weight is 512 g/mol. The van der Waals surface area contributed by atoms with Crippen LogP contribution in [0.5, 0.6) is 0 Å². The molecular formula is C25H32F3N3O3S. The van der Waals surface area contributed by atoms with Crippen molar-refractivity contribution < 1.29 is 27.8 Å². The van der Waals surface area contributed by atoms with E-state index in [9.17, 15) is 23.1 Å². The summed E-state index contributed by atoms with van der Waals surface area (Å²) in [6.45, 7) is 6.71. The first-order valence-corrected chi connectivity index (χ1v) is 11.1. The van der Waals surface area contributed by atoms with Gasteiger partial charge in [-0.2, -0.15) is 13.2 Å². The maximum absolute atomic E-state index is 13.2. The second kappa shape index (κ2) is 12.1. The maximum atomic E-state index is 13.2. The highest BCUT2D eigenvalue weighted by molar-refractivity contribution is 7.21. The van der Waals surface area contributed by atoms with Crippen molar-refractivity contribution >= 4 is 33.0 Å². The average Bonchev–Trinajstić information content (AvgIpc) is 3.16. The molecule has 0 aliphatic rings. The van der Waals surface area contributed by atoms with Crippen LogP contribution in [0.3, 0.4) is 0 Å². The molecule has 0 spiro atoms. The van der Waals surface area contributed by atoms with Gasteiger partial charge in [-0.3, -0.25) is 0 Å². The summed E-state index contributed by atoms with van der Waals surface area (Å²) in [5.74, 6) is 5.39. The normalized spacial score (nSPS) is 14.5. The second-order valence-electron chi connectivity index (χ2n) is 7.44. The fourth-order valence-corrected chi connectivity index (χ4v) is 4.57. The first-order valence-electron chi connectivity index (χ1n) is 10.3. The van der Waals surface area contributed by atoms with Crippen LogP contribution in [0.25, 0.3) is 15.7 Å². The number of fused-ring (bicyclic) bond motifs is 1. The highest BCUT2D eigenvalue weighted by Gasteiger charge is 2.54. The molecule has 1 aromatic heterocycles. The molecule has 0 amide bonds. The van der Waals surface area contributed by atoms with Gasteiger partial charge in [0.25, 0.3) is 0 Å². The van der Waals surface area contributed by atoms with E-state index in [1.165, 1.54) is 25.4 Å². The Bertz CT molecular complexity index is 1150. The number of aliphatic hydroxyl groups is 1. The Hall–Kier alpha value is -3.08. The van der Waals surface area contributed by atoms with Gasteiger partial charge in [0, 0.05) is 21.8 Å². The molecule has 2 rings (SSSR count). The van der Waals surface area contributed by atoms with Gasteiger partial charge in [0.15, 0.2) is 0 Å². The number of rotatable bonds is 9. The lowest BCUT2D eigenvalue weighted by Gasteiger charge is -2.30. The van der Waals surface area contributed by atoms with Crippen LogP contribution in [-0.4, -0.2) is 35.0 Å². The highest BCUT2D eigenvalue weighted by Crippen LogP contribution is 2.38. The first-order chi connectivity index (χ1) is 15.9. The lowest BCUT2D eigenvalue weighted by atomic mass is 9.96. The number of nitrogens with two attached hydrogens (primary N) is 2. The molecule has 1 unspecified atom stereocenters. The zero-order chi connectivity index (χ0) is 25.7. The number of allylic oxidation sites excluding steroid dienone is 5. The molecule has 2 aromatic rings. The number of thiophene rings is 1. The molecule has 6 nitrogen and oxygen atoms in total. The molecule has 1 aromatic carbocycles. The number of hydrogen-bond acceptors (Lipinski definition) is 7. The third-order valence-corrected chi connectivity index (χ3v) is 6.40. The van der Waals surface area contributed by atoms with Crippen LogP contribution in [0.15, 0.2) is 61.0 Å². The molecule has 10 heteroatoms. The monoisotopic (exact) mass is 511 g/mol. The second-order valence-corrected chi connectivity index (χ2v) is 8.49. The summed E-state index contributed by atoms with van der Waals surface area (Å²) in [6, 6.07) is 5.36. The van der Waals surface area contributed by atoms with Crippen molar-refractivity contribution in [2.45, 2.75) is 46.0 Å². The van der Waals surface area contributed by atoms with Crippen molar-refractivity contribution in [2.75, 3.05) is 7.11 Å². The van der Waals surface area contributed by atoms with Gasteiger partial charge in [-0.15, -0.1) is 11.3 Å².